The van der Waals surface area contributed by atoms with Gasteiger partial charge >= 0.3 is 0 Å². The molecular formula is C11H11NO2. The minimum Gasteiger partial charge on any atom is -0.496 e. The number of nitrogens with two attached hydrogens (primary N) is 1. The Morgan fingerprint density at radius 2 is 2.14 bits per heavy atom. The van der Waals surface area contributed by atoms with E-state index < -0.39 is 0 Å². The predicted octanol–water partition coefficient (Wildman–Crippen LogP) is 2.54. The molecule has 1 aromatic carbocycles. The Balaban J connectivity index is 2.53. The number of hydrogen-bond acceptors (Lipinski definition) is 3. The van der Waals surface area contributed by atoms with E-state index in [0.717, 1.165) is 17.1 Å². The van der Waals surface area contributed by atoms with Crippen molar-refractivity contribution in [3.8, 4) is 17.1 Å². The first-order valence-electron chi connectivity index (χ1n) is 4.28. The maximum absolute atomic E-state index is 5.65. The molecule has 2 N–H and O–H groups in total. The molecule has 0 saturated carbocycles. The van der Waals surface area contributed by atoms with E-state index in [1.54, 1.807) is 19.4 Å². The summed E-state index contributed by atoms with van der Waals surface area (Å²) < 4.78 is 10.5. The zero-order valence-electron chi connectivity index (χ0n) is 7.86. The molecule has 0 spiro atoms. The Kier molecular flexibility index (Phi) is 2.14. The number of methoxy groups -OCH3 is 1. The highest BCUT2D eigenvalue weighted by atomic mass is 16.5. The molecule has 2 aromatic rings. The summed E-state index contributed by atoms with van der Waals surface area (Å²) in [5.41, 5.74) is 7.23. The number of rotatable bonds is 2. The molecule has 1 heterocycles. The zero-order valence-corrected chi connectivity index (χ0v) is 7.86. The van der Waals surface area contributed by atoms with Crippen LogP contribution in [0.2, 0.25) is 0 Å². The Morgan fingerprint density at radius 3 is 2.79 bits per heavy atom. The van der Waals surface area contributed by atoms with Crippen LogP contribution >= 0.6 is 0 Å². The minimum absolute atomic E-state index is 0.678. The van der Waals surface area contributed by atoms with Gasteiger partial charge in [-0.1, -0.05) is 0 Å². The van der Waals surface area contributed by atoms with Gasteiger partial charge in [0, 0.05) is 11.8 Å². The van der Waals surface area contributed by atoms with Gasteiger partial charge < -0.3 is 14.9 Å². The van der Waals surface area contributed by atoms with Gasteiger partial charge in [-0.05, 0) is 24.3 Å². The van der Waals surface area contributed by atoms with Crippen LogP contribution in [0, 0.1) is 0 Å². The van der Waals surface area contributed by atoms with Crippen molar-refractivity contribution in [2.45, 2.75) is 0 Å². The second-order valence-corrected chi connectivity index (χ2v) is 2.94. The third kappa shape index (κ3) is 1.44. The molecule has 72 valence electrons. The molecular weight excluding hydrogens is 178 g/mol. The number of nitrogen functional groups attached to an aromatic ring is 1. The molecule has 0 bridgehead atoms. The van der Waals surface area contributed by atoms with E-state index in [0.29, 0.717) is 5.69 Å². The molecule has 0 saturated heterocycles. The lowest BCUT2D eigenvalue weighted by Crippen LogP contribution is -1.90. The van der Waals surface area contributed by atoms with E-state index >= 15 is 0 Å². The van der Waals surface area contributed by atoms with E-state index in [1.807, 2.05) is 24.3 Å². The van der Waals surface area contributed by atoms with E-state index in [1.165, 1.54) is 0 Å². The summed E-state index contributed by atoms with van der Waals surface area (Å²) >= 11 is 0. The lowest BCUT2D eigenvalue weighted by atomic mass is 10.1. The van der Waals surface area contributed by atoms with Gasteiger partial charge in [0.1, 0.15) is 11.5 Å². The fraction of sp³-hybridized carbons (Fsp3) is 0.0909. The minimum atomic E-state index is 0.678. The van der Waals surface area contributed by atoms with Crippen molar-refractivity contribution in [2.24, 2.45) is 0 Å². The molecule has 3 heteroatoms. The maximum atomic E-state index is 5.65. The second kappa shape index (κ2) is 3.46. The van der Waals surface area contributed by atoms with Crippen LogP contribution in [0.5, 0.6) is 5.75 Å². The van der Waals surface area contributed by atoms with Gasteiger partial charge in [0.25, 0.3) is 0 Å². The fourth-order valence-corrected chi connectivity index (χ4v) is 1.34. The fourth-order valence-electron chi connectivity index (χ4n) is 1.34. The van der Waals surface area contributed by atoms with E-state index in [-0.39, 0.29) is 0 Å². The van der Waals surface area contributed by atoms with Crippen LogP contribution in [0.4, 0.5) is 5.69 Å². The Hall–Kier alpha value is -1.90. The van der Waals surface area contributed by atoms with Gasteiger partial charge in [0.2, 0.25) is 0 Å². The summed E-state index contributed by atoms with van der Waals surface area (Å²) in [7, 11) is 1.61. The molecule has 0 atom stereocenters. The molecule has 0 unspecified atom stereocenters. The second-order valence-electron chi connectivity index (χ2n) is 2.94. The van der Waals surface area contributed by atoms with Gasteiger partial charge in [0.05, 0.1) is 18.9 Å². The third-order valence-corrected chi connectivity index (χ3v) is 2.01. The average Bonchev–Trinajstić information content (AvgIpc) is 2.70. The first kappa shape index (κ1) is 8.69. The molecule has 14 heavy (non-hydrogen) atoms. The topological polar surface area (TPSA) is 48.4 Å². The van der Waals surface area contributed by atoms with Crippen LogP contribution in [-0.2, 0) is 0 Å². The quantitative estimate of drug-likeness (QED) is 0.738. The van der Waals surface area contributed by atoms with Crippen LogP contribution in [0.3, 0.4) is 0 Å². The highest BCUT2D eigenvalue weighted by Gasteiger charge is 2.07. The standard InChI is InChI=1S/C11H11NO2/c1-13-11-7-8(12)4-5-9(11)10-3-2-6-14-10/h2-7H,12H2,1H3. The van der Waals surface area contributed by atoms with Crippen molar-refractivity contribution < 1.29 is 9.15 Å². The lowest BCUT2D eigenvalue weighted by Gasteiger charge is -2.06. The highest BCUT2D eigenvalue weighted by molar-refractivity contribution is 5.69. The summed E-state index contributed by atoms with van der Waals surface area (Å²) in [5.74, 6) is 1.50. The summed E-state index contributed by atoms with van der Waals surface area (Å²) in [6.07, 6.45) is 1.63. The average molecular weight is 189 g/mol. The van der Waals surface area contributed by atoms with E-state index in [4.69, 9.17) is 14.9 Å². The highest BCUT2D eigenvalue weighted by Crippen LogP contribution is 2.31. The predicted molar refractivity (Wildman–Crippen MR) is 55.1 cm³/mol. The van der Waals surface area contributed by atoms with Gasteiger partial charge in [0.15, 0.2) is 0 Å². The van der Waals surface area contributed by atoms with Crippen LogP contribution in [0.15, 0.2) is 41.0 Å². The Labute approximate surface area is 82.1 Å². The van der Waals surface area contributed by atoms with Crippen molar-refractivity contribution in [3.63, 3.8) is 0 Å². The Morgan fingerprint density at radius 1 is 1.29 bits per heavy atom. The first-order chi connectivity index (χ1) is 6.81. The van der Waals surface area contributed by atoms with Gasteiger partial charge in [-0.25, -0.2) is 0 Å². The van der Waals surface area contributed by atoms with Crippen molar-refractivity contribution in [3.05, 3.63) is 36.6 Å². The van der Waals surface area contributed by atoms with Crippen molar-refractivity contribution in [2.75, 3.05) is 12.8 Å². The van der Waals surface area contributed by atoms with Gasteiger partial charge in [-0.2, -0.15) is 0 Å². The SMILES string of the molecule is COc1cc(N)ccc1-c1ccco1. The van der Waals surface area contributed by atoms with E-state index in [9.17, 15) is 0 Å². The Bertz CT molecular complexity index is 421. The van der Waals surface area contributed by atoms with Crippen LogP contribution in [0.1, 0.15) is 0 Å². The molecule has 0 fully saturated rings. The van der Waals surface area contributed by atoms with Crippen LogP contribution in [0.25, 0.3) is 11.3 Å². The number of hydrogen-bond donors (Lipinski definition) is 1. The zero-order chi connectivity index (χ0) is 9.97. The van der Waals surface area contributed by atoms with Gasteiger partial charge in [-0.3, -0.25) is 0 Å². The monoisotopic (exact) mass is 189 g/mol. The molecule has 0 aliphatic rings. The van der Waals surface area contributed by atoms with Crippen LogP contribution in [-0.4, -0.2) is 7.11 Å². The summed E-state index contributed by atoms with van der Waals surface area (Å²) in [6, 6.07) is 9.20. The summed E-state index contributed by atoms with van der Waals surface area (Å²) in [5, 5.41) is 0. The normalized spacial score (nSPS) is 10.1. The van der Waals surface area contributed by atoms with Crippen molar-refractivity contribution in [1.29, 1.82) is 0 Å². The van der Waals surface area contributed by atoms with Crippen LogP contribution < -0.4 is 10.5 Å². The number of ether oxygens (including phenoxy) is 1. The molecule has 0 aliphatic heterocycles. The van der Waals surface area contributed by atoms with Gasteiger partial charge in [-0.15, -0.1) is 0 Å². The summed E-state index contributed by atoms with van der Waals surface area (Å²) in [4.78, 5) is 0. The van der Waals surface area contributed by atoms with Crippen molar-refractivity contribution in [1.82, 2.24) is 0 Å². The first-order valence-corrected chi connectivity index (χ1v) is 4.28. The molecule has 0 aliphatic carbocycles. The molecule has 0 radical (unpaired) electrons. The van der Waals surface area contributed by atoms with Crippen molar-refractivity contribution >= 4 is 5.69 Å². The smallest absolute Gasteiger partial charge is 0.137 e. The number of anilines is 1. The molecule has 0 amide bonds. The third-order valence-electron chi connectivity index (χ3n) is 2.01. The largest absolute Gasteiger partial charge is 0.496 e. The number of furan rings is 1. The maximum Gasteiger partial charge on any atom is 0.137 e. The van der Waals surface area contributed by atoms with E-state index in [2.05, 4.69) is 0 Å². The molecule has 1 aromatic heterocycles. The lowest BCUT2D eigenvalue weighted by molar-refractivity contribution is 0.415. The summed E-state index contributed by atoms with van der Waals surface area (Å²) in [6.45, 7) is 0. The number of benzene rings is 1. The molecule has 3 nitrogen and oxygen atoms in total. The molecule has 2 rings (SSSR count).